The van der Waals surface area contributed by atoms with E-state index in [4.69, 9.17) is 9.47 Å². The zero-order valence-electron chi connectivity index (χ0n) is 9.61. The van der Waals surface area contributed by atoms with Crippen molar-refractivity contribution in [2.24, 2.45) is 5.41 Å². The van der Waals surface area contributed by atoms with Crippen LogP contribution in [0.4, 0.5) is 0 Å². The molecule has 16 heavy (non-hydrogen) atoms. The molecule has 1 fully saturated rings. The Hall–Kier alpha value is -1.06. The molecule has 1 unspecified atom stereocenters. The molecule has 1 aromatic rings. The highest BCUT2D eigenvalue weighted by Crippen LogP contribution is 2.32. The third-order valence-corrected chi connectivity index (χ3v) is 3.23. The monoisotopic (exact) mass is 222 g/mol. The third-order valence-electron chi connectivity index (χ3n) is 3.23. The zero-order chi connectivity index (χ0) is 11.4. The Morgan fingerprint density at radius 2 is 2.38 bits per heavy atom. The van der Waals surface area contributed by atoms with Gasteiger partial charge >= 0.3 is 0 Å². The lowest BCUT2D eigenvalue weighted by Crippen LogP contribution is -2.28. The topological polar surface area (TPSA) is 38.7 Å². The molecule has 3 nitrogen and oxygen atoms in total. The Labute approximate surface area is 96.0 Å². The molecule has 0 radical (unpaired) electrons. The summed E-state index contributed by atoms with van der Waals surface area (Å²) in [6.07, 6.45) is 1.78. The van der Waals surface area contributed by atoms with Crippen molar-refractivity contribution >= 4 is 0 Å². The summed E-state index contributed by atoms with van der Waals surface area (Å²) in [5.41, 5.74) is 1.10. The van der Waals surface area contributed by atoms with Gasteiger partial charge in [-0.25, -0.2) is 0 Å². The first-order valence-corrected chi connectivity index (χ1v) is 5.60. The summed E-state index contributed by atoms with van der Waals surface area (Å²) >= 11 is 0. The summed E-state index contributed by atoms with van der Waals surface area (Å²) in [5.74, 6) is 0.865. The molecule has 3 heteroatoms. The second kappa shape index (κ2) is 4.85. The van der Waals surface area contributed by atoms with Crippen LogP contribution in [0, 0.1) is 5.41 Å². The molecule has 1 saturated heterocycles. The molecule has 0 amide bonds. The van der Waals surface area contributed by atoms with Crippen LogP contribution in [0.25, 0.3) is 0 Å². The first kappa shape index (κ1) is 11.4. The standard InChI is InChI=1S/C13H18O3/c1-15-12-4-2-3-11(7-12)8-13(9-14)5-6-16-10-13/h2-4,7,14H,5-6,8-10H2,1H3. The fraction of sp³-hybridized carbons (Fsp3) is 0.538. The summed E-state index contributed by atoms with van der Waals surface area (Å²) < 4.78 is 10.6. The molecule has 2 rings (SSSR count). The Morgan fingerprint density at radius 3 is 3.00 bits per heavy atom. The van der Waals surface area contributed by atoms with Crippen molar-refractivity contribution in [1.82, 2.24) is 0 Å². The van der Waals surface area contributed by atoms with Crippen LogP contribution in [0.5, 0.6) is 5.75 Å². The van der Waals surface area contributed by atoms with Gasteiger partial charge in [0.05, 0.1) is 20.3 Å². The summed E-state index contributed by atoms with van der Waals surface area (Å²) in [7, 11) is 1.67. The van der Waals surface area contributed by atoms with Gasteiger partial charge in [-0.15, -0.1) is 0 Å². The van der Waals surface area contributed by atoms with Gasteiger partial charge in [0.1, 0.15) is 5.75 Å². The van der Waals surface area contributed by atoms with Crippen LogP contribution in [0.1, 0.15) is 12.0 Å². The first-order chi connectivity index (χ1) is 7.78. The van der Waals surface area contributed by atoms with Gasteiger partial charge in [-0.1, -0.05) is 12.1 Å². The highest BCUT2D eigenvalue weighted by molar-refractivity contribution is 5.29. The molecular weight excluding hydrogens is 204 g/mol. The van der Waals surface area contributed by atoms with Gasteiger partial charge in [0.15, 0.2) is 0 Å². The van der Waals surface area contributed by atoms with E-state index in [0.717, 1.165) is 25.2 Å². The Balaban J connectivity index is 2.12. The van der Waals surface area contributed by atoms with Crippen LogP contribution >= 0.6 is 0 Å². The van der Waals surface area contributed by atoms with E-state index in [-0.39, 0.29) is 12.0 Å². The summed E-state index contributed by atoms with van der Waals surface area (Å²) in [4.78, 5) is 0. The molecule has 1 atom stereocenters. The molecule has 0 saturated carbocycles. The number of hydrogen-bond donors (Lipinski definition) is 1. The van der Waals surface area contributed by atoms with Crippen molar-refractivity contribution in [3.05, 3.63) is 29.8 Å². The maximum Gasteiger partial charge on any atom is 0.119 e. The van der Waals surface area contributed by atoms with Gasteiger partial charge in [0.2, 0.25) is 0 Å². The van der Waals surface area contributed by atoms with E-state index in [0.29, 0.717) is 6.61 Å². The molecule has 1 N–H and O–H groups in total. The Morgan fingerprint density at radius 1 is 1.50 bits per heavy atom. The molecule has 1 aliphatic rings. The predicted molar refractivity (Wildman–Crippen MR) is 61.7 cm³/mol. The fourth-order valence-corrected chi connectivity index (χ4v) is 2.18. The molecule has 0 spiro atoms. The normalized spacial score (nSPS) is 24.6. The molecule has 0 aromatic heterocycles. The van der Waals surface area contributed by atoms with E-state index in [1.165, 1.54) is 5.56 Å². The van der Waals surface area contributed by atoms with E-state index in [1.54, 1.807) is 7.11 Å². The number of hydrogen-bond acceptors (Lipinski definition) is 3. The van der Waals surface area contributed by atoms with E-state index in [9.17, 15) is 5.11 Å². The third kappa shape index (κ3) is 2.36. The smallest absolute Gasteiger partial charge is 0.119 e. The SMILES string of the molecule is COc1cccc(CC2(CO)CCOC2)c1. The molecule has 88 valence electrons. The zero-order valence-corrected chi connectivity index (χ0v) is 9.61. The van der Waals surface area contributed by atoms with Crippen LogP contribution in [0.3, 0.4) is 0 Å². The lowest BCUT2D eigenvalue weighted by Gasteiger charge is -2.24. The maximum atomic E-state index is 9.49. The van der Waals surface area contributed by atoms with Crippen LogP contribution in [0.2, 0.25) is 0 Å². The van der Waals surface area contributed by atoms with E-state index >= 15 is 0 Å². The first-order valence-electron chi connectivity index (χ1n) is 5.60. The van der Waals surface area contributed by atoms with Crippen molar-refractivity contribution in [2.45, 2.75) is 12.8 Å². The minimum Gasteiger partial charge on any atom is -0.497 e. The average molecular weight is 222 g/mol. The molecule has 1 heterocycles. The molecule has 1 aromatic carbocycles. The number of ether oxygens (including phenoxy) is 2. The molecule has 0 bridgehead atoms. The summed E-state index contributed by atoms with van der Waals surface area (Å²) in [6.45, 7) is 1.59. The van der Waals surface area contributed by atoms with Crippen LogP contribution in [-0.2, 0) is 11.2 Å². The Kier molecular flexibility index (Phi) is 3.46. The van der Waals surface area contributed by atoms with Gasteiger partial charge in [-0.05, 0) is 30.5 Å². The quantitative estimate of drug-likeness (QED) is 0.841. The van der Waals surface area contributed by atoms with E-state index < -0.39 is 0 Å². The van der Waals surface area contributed by atoms with Crippen molar-refractivity contribution in [2.75, 3.05) is 26.9 Å². The van der Waals surface area contributed by atoms with Crippen molar-refractivity contribution in [3.63, 3.8) is 0 Å². The van der Waals surface area contributed by atoms with Crippen LogP contribution < -0.4 is 4.74 Å². The highest BCUT2D eigenvalue weighted by Gasteiger charge is 2.34. The largest absolute Gasteiger partial charge is 0.497 e. The number of methoxy groups -OCH3 is 1. The predicted octanol–water partition coefficient (Wildman–Crippen LogP) is 1.64. The second-order valence-corrected chi connectivity index (χ2v) is 4.49. The molecule has 0 aliphatic carbocycles. The highest BCUT2D eigenvalue weighted by atomic mass is 16.5. The lowest BCUT2D eigenvalue weighted by atomic mass is 9.82. The minimum absolute atomic E-state index is 0.0909. The lowest BCUT2D eigenvalue weighted by molar-refractivity contribution is 0.0935. The van der Waals surface area contributed by atoms with Gasteiger partial charge in [-0.2, -0.15) is 0 Å². The number of aliphatic hydroxyl groups is 1. The second-order valence-electron chi connectivity index (χ2n) is 4.49. The van der Waals surface area contributed by atoms with Gasteiger partial charge in [0.25, 0.3) is 0 Å². The van der Waals surface area contributed by atoms with Gasteiger partial charge < -0.3 is 14.6 Å². The number of benzene rings is 1. The summed E-state index contributed by atoms with van der Waals surface area (Å²) in [6, 6.07) is 8.00. The van der Waals surface area contributed by atoms with Crippen molar-refractivity contribution in [1.29, 1.82) is 0 Å². The number of rotatable bonds is 4. The molecule has 1 aliphatic heterocycles. The van der Waals surface area contributed by atoms with Gasteiger partial charge in [-0.3, -0.25) is 0 Å². The summed E-state index contributed by atoms with van der Waals surface area (Å²) in [5, 5.41) is 9.49. The van der Waals surface area contributed by atoms with Crippen LogP contribution in [-0.4, -0.2) is 32.0 Å². The van der Waals surface area contributed by atoms with Crippen molar-refractivity contribution < 1.29 is 14.6 Å². The van der Waals surface area contributed by atoms with Gasteiger partial charge in [0, 0.05) is 12.0 Å². The average Bonchev–Trinajstić information content (AvgIpc) is 2.78. The molecular formula is C13H18O3. The minimum atomic E-state index is -0.0909. The number of aliphatic hydroxyl groups excluding tert-OH is 1. The van der Waals surface area contributed by atoms with Crippen molar-refractivity contribution in [3.8, 4) is 5.75 Å². The maximum absolute atomic E-state index is 9.49. The van der Waals surface area contributed by atoms with E-state index in [2.05, 4.69) is 6.07 Å². The Bertz CT molecular complexity index is 343. The van der Waals surface area contributed by atoms with Crippen LogP contribution in [0.15, 0.2) is 24.3 Å². The fourth-order valence-electron chi connectivity index (χ4n) is 2.18. The van der Waals surface area contributed by atoms with E-state index in [1.807, 2.05) is 18.2 Å².